The molecule has 0 bridgehead atoms. The second kappa shape index (κ2) is 3.56. The standard InChI is InChI=1S/C10H20N2O/c11-10(3-4-10)5-7-12-6-1-2-9(13)8-12/h9,13H,1-8,11H2. The van der Waals surface area contributed by atoms with E-state index >= 15 is 0 Å². The van der Waals surface area contributed by atoms with Crippen LogP contribution in [0.15, 0.2) is 0 Å². The predicted molar refractivity (Wildman–Crippen MR) is 52.5 cm³/mol. The van der Waals surface area contributed by atoms with Gasteiger partial charge in [-0.05, 0) is 45.2 Å². The Morgan fingerprint density at radius 1 is 1.46 bits per heavy atom. The van der Waals surface area contributed by atoms with Crippen LogP contribution in [-0.4, -0.2) is 41.3 Å². The Morgan fingerprint density at radius 2 is 2.23 bits per heavy atom. The predicted octanol–water partition coefficient (Wildman–Crippen LogP) is 0.324. The van der Waals surface area contributed by atoms with E-state index in [2.05, 4.69) is 4.90 Å². The van der Waals surface area contributed by atoms with Crippen LogP contribution in [0.5, 0.6) is 0 Å². The van der Waals surface area contributed by atoms with Crippen LogP contribution in [0, 0.1) is 0 Å². The lowest BCUT2D eigenvalue weighted by Gasteiger charge is -2.30. The third-order valence-corrected chi connectivity index (χ3v) is 3.30. The molecule has 0 spiro atoms. The summed E-state index contributed by atoms with van der Waals surface area (Å²) in [5.74, 6) is 0. The first kappa shape index (κ1) is 9.44. The molecule has 0 radical (unpaired) electrons. The number of β-amino-alcohol motifs (C(OH)–C–C–N with tert-alkyl or cyclic N) is 1. The molecule has 3 N–H and O–H groups in total. The van der Waals surface area contributed by atoms with Gasteiger partial charge in [0.2, 0.25) is 0 Å². The van der Waals surface area contributed by atoms with Gasteiger partial charge in [-0.1, -0.05) is 0 Å². The van der Waals surface area contributed by atoms with Crippen molar-refractivity contribution in [2.24, 2.45) is 5.73 Å². The van der Waals surface area contributed by atoms with Gasteiger partial charge in [-0.3, -0.25) is 0 Å². The van der Waals surface area contributed by atoms with Gasteiger partial charge in [0.25, 0.3) is 0 Å². The minimum atomic E-state index is -0.0957. The van der Waals surface area contributed by atoms with Crippen LogP contribution in [0.4, 0.5) is 0 Å². The van der Waals surface area contributed by atoms with E-state index in [1.54, 1.807) is 0 Å². The minimum absolute atomic E-state index is 0.0957. The van der Waals surface area contributed by atoms with Crippen LogP contribution in [-0.2, 0) is 0 Å². The number of aliphatic hydroxyl groups excluding tert-OH is 1. The molecule has 2 rings (SSSR count). The van der Waals surface area contributed by atoms with E-state index in [0.29, 0.717) is 0 Å². The van der Waals surface area contributed by atoms with Crippen molar-refractivity contribution in [2.45, 2.75) is 43.7 Å². The van der Waals surface area contributed by atoms with Crippen molar-refractivity contribution in [3.05, 3.63) is 0 Å². The molecule has 1 heterocycles. The van der Waals surface area contributed by atoms with Gasteiger partial charge in [0.1, 0.15) is 0 Å². The molecule has 1 aliphatic carbocycles. The normalized spacial score (nSPS) is 33.2. The summed E-state index contributed by atoms with van der Waals surface area (Å²) in [6.07, 6.45) is 5.52. The van der Waals surface area contributed by atoms with E-state index in [9.17, 15) is 5.11 Å². The molecule has 1 aliphatic heterocycles. The molecule has 1 unspecified atom stereocenters. The molecule has 3 heteroatoms. The number of hydrogen-bond donors (Lipinski definition) is 2. The molecule has 1 saturated heterocycles. The zero-order chi connectivity index (χ0) is 9.31. The van der Waals surface area contributed by atoms with Crippen LogP contribution in [0.25, 0.3) is 0 Å². The first-order valence-corrected chi connectivity index (χ1v) is 5.37. The first-order valence-electron chi connectivity index (χ1n) is 5.37. The number of likely N-dealkylation sites (tertiary alicyclic amines) is 1. The molecule has 1 atom stereocenters. The minimum Gasteiger partial charge on any atom is -0.392 e. The second-order valence-corrected chi connectivity index (χ2v) is 4.71. The monoisotopic (exact) mass is 184 g/mol. The number of aliphatic hydroxyl groups is 1. The molecule has 0 aromatic rings. The summed E-state index contributed by atoms with van der Waals surface area (Å²) in [6, 6.07) is 0. The smallest absolute Gasteiger partial charge is 0.0667 e. The van der Waals surface area contributed by atoms with E-state index in [-0.39, 0.29) is 11.6 Å². The maximum absolute atomic E-state index is 9.45. The van der Waals surface area contributed by atoms with Crippen molar-refractivity contribution in [3.63, 3.8) is 0 Å². The Morgan fingerprint density at radius 3 is 2.85 bits per heavy atom. The zero-order valence-electron chi connectivity index (χ0n) is 8.21. The second-order valence-electron chi connectivity index (χ2n) is 4.71. The Hall–Kier alpha value is -0.120. The largest absolute Gasteiger partial charge is 0.392 e. The molecule has 13 heavy (non-hydrogen) atoms. The highest BCUT2D eigenvalue weighted by Gasteiger charge is 2.38. The van der Waals surface area contributed by atoms with Crippen LogP contribution in [0.2, 0.25) is 0 Å². The fourth-order valence-corrected chi connectivity index (χ4v) is 2.03. The summed E-state index contributed by atoms with van der Waals surface area (Å²) in [6.45, 7) is 3.08. The topological polar surface area (TPSA) is 49.5 Å². The van der Waals surface area contributed by atoms with Crippen LogP contribution >= 0.6 is 0 Å². The van der Waals surface area contributed by atoms with Gasteiger partial charge in [-0.15, -0.1) is 0 Å². The van der Waals surface area contributed by atoms with Gasteiger partial charge >= 0.3 is 0 Å². The van der Waals surface area contributed by atoms with E-state index < -0.39 is 0 Å². The molecule has 3 nitrogen and oxygen atoms in total. The lowest BCUT2D eigenvalue weighted by atomic mass is 10.1. The highest BCUT2D eigenvalue weighted by atomic mass is 16.3. The van der Waals surface area contributed by atoms with Crippen molar-refractivity contribution in [3.8, 4) is 0 Å². The summed E-state index contributed by atoms with van der Waals surface area (Å²) < 4.78 is 0. The molecule has 0 aromatic heterocycles. The molecule has 2 aliphatic rings. The molecule has 0 amide bonds. The average molecular weight is 184 g/mol. The van der Waals surface area contributed by atoms with Gasteiger partial charge in [0, 0.05) is 12.1 Å². The van der Waals surface area contributed by atoms with Crippen molar-refractivity contribution in [1.82, 2.24) is 4.90 Å². The van der Waals surface area contributed by atoms with Crippen LogP contribution in [0.1, 0.15) is 32.1 Å². The fraction of sp³-hybridized carbons (Fsp3) is 1.00. The van der Waals surface area contributed by atoms with Crippen molar-refractivity contribution in [2.75, 3.05) is 19.6 Å². The Bertz CT molecular complexity index is 180. The summed E-state index contributed by atoms with van der Waals surface area (Å²) >= 11 is 0. The molecule has 0 aromatic carbocycles. The molecule has 1 saturated carbocycles. The zero-order valence-corrected chi connectivity index (χ0v) is 8.21. The first-order chi connectivity index (χ1) is 6.18. The molecular weight excluding hydrogens is 164 g/mol. The van der Waals surface area contributed by atoms with Gasteiger partial charge < -0.3 is 15.7 Å². The van der Waals surface area contributed by atoms with Crippen molar-refractivity contribution >= 4 is 0 Å². The SMILES string of the molecule is NC1(CCN2CCCC(O)C2)CC1. The Kier molecular flexibility index (Phi) is 2.58. The lowest BCUT2D eigenvalue weighted by molar-refractivity contribution is 0.0687. The van der Waals surface area contributed by atoms with E-state index in [1.165, 1.54) is 12.8 Å². The quantitative estimate of drug-likeness (QED) is 0.664. The highest BCUT2D eigenvalue weighted by Crippen LogP contribution is 2.35. The molecule has 2 fully saturated rings. The molecule has 76 valence electrons. The van der Waals surface area contributed by atoms with Gasteiger partial charge in [0.05, 0.1) is 6.10 Å². The van der Waals surface area contributed by atoms with E-state index in [4.69, 9.17) is 5.73 Å². The van der Waals surface area contributed by atoms with Crippen molar-refractivity contribution < 1.29 is 5.11 Å². The summed E-state index contributed by atoms with van der Waals surface area (Å²) in [4.78, 5) is 2.35. The third-order valence-electron chi connectivity index (χ3n) is 3.30. The van der Waals surface area contributed by atoms with Crippen LogP contribution in [0.3, 0.4) is 0 Å². The Balaban J connectivity index is 1.68. The Labute approximate surface area is 79.9 Å². The molecular formula is C10H20N2O. The highest BCUT2D eigenvalue weighted by molar-refractivity contribution is 4.99. The number of nitrogens with two attached hydrogens (primary N) is 1. The van der Waals surface area contributed by atoms with E-state index in [1.807, 2.05) is 0 Å². The summed E-state index contributed by atoms with van der Waals surface area (Å²) in [5, 5.41) is 9.45. The number of piperidine rings is 1. The van der Waals surface area contributed by atoms with Gasteiger partial charge in [-0.25, -0.2) is 0 Å². The fourth-order valence-electron chi connectivity index (χ4n) is 2.03. The van der Waals surface area contributed by atoms with Gasteiger partial charge in [0.15, 0.2) is 0 Å². The van der Waals surface area contributed by atoms with Gasteiger partial charge in [-0.2, -0.15) is 0 Å². The third kappa shape index (κ3) is 2.66. The number of hydrogen-bond acceptors (Lipinski definition) is 3. The van der Waals surface area contributed by atoms with Crippen LogP contribution < -0.4 is 5.73 Å². The average Bonchev–Trinajstić information content (AvgIpc) is 2.82. The summed E-state index contributed by atoms with van der Waals surface area (Å²) in [5.41, 5.74) is 6.18. The lowest BCUT2D eigenvalue weighted by Crippen LogP contribution is -2.40. The maximum atomic E-state index is 9.45. The maximum Gasteiger partial charge on any atom is 0.0667 e. The summed E-state index contributed by atoms with van der Waals surface area (Å²) in [7, 11) is 0. The van der Waals surface area contributed by atoms with E-state index in [0.717, 1.165) is 38.9 Å². The van der Waals surface area contributed by atoms with Crippen molar-refractivity contribution in [1.29, 1.82) is 0 Å². The number of rotatable bonds is 3. The number of nitrogens with zero attached hydrogens (tertiary/aromatic N) is 1.